The summed E-state index contributed by atoms with van der Waals surface area (Å²) in [5.41, 5.74) is 1.12. The SMILES string of the molecule is O=C(NCc1ccco1)Nc1ccc(NC(=O)N2CCC(C(=O)O)C2)cc1. The maximum absolute atomic E-state index is 12.2. The number of hydrogen-bond donors (Lipinski definition) is 4. The van der Waals surface area contributed by atoms with Crippen molar-refractivity contribution >= 4 is 29.4 Å². The van der Waals surface area contributed by atoms with Crippen molar-refractivity contribution < 1.29 is 23.9 Å². The van der Waals surface area contributed by atoms with Gasteiger partial charge in [0.15, 0.2) is 0 Å². The lowest BCUT2D eigenvalue weighted by molar-refractivity contribution is -0.141. The van der Waals surface area contributed by atoms with Gasteiger partial charge in [-0.1, -0.05) is 0 Å². The van der Waals surface area contributed by atoms with Crippen molar-refractivity contribution in [3.63, 3.8) is 0 Å². The first-order chi connectivity index (χ1) is 13.0. The zero-order valence-electron chi connectivity index (χ0n) is 14.5. The number of carbonyl (C=O) groups excluding carboxylic acids is 2. The molecular weight excluding hydrogens is 352 g/mol. The third kappa shape index (κ3) is 5.00. The Hall–Kier alpha value is -3.49. The van der Waals surface area contributed by atoms with Crippen molar-refractivity contribution in [2.75, 3.05) is 23.7 Å². The van der Waals surface area contributed by atoms with E-state index < -0.39 is 11.9 Å². The number of amides is 4. The van der Waals surface area contributed by atoms with E-state index in [2.05, 4.69) is 16.0 Å². The molecule has 1 aromatic carbocycles. The largest absolute Gasteiger partial charge is 0.481 e. The van der Waals surface area contributed by atoms with Crippen LogP contribution in [0.3, 0.4) is 0 Å². The first kappa shape index (κ1) is 18.3. The zero-order chi connectivity index (χ0) is 19.2. The number of likely N-dealkylation sites (tertiary alicyclic amines) is 1. The number of benzene rings is 1. The van der Waals surface area contributed by atoms with Crippen molar-refractivity contribution in [3.8, 4) is 0 Å². The Bertz CT molecular complexity index is 804. The smallest absolute Gasteiger partial charge is 0.321 e. The van der Waals surface area contributed by atoms with Gasteiger partial charge in [-0.3, -0.25) is 4.79 Å². The van der Waals surface area contributed by atoms with E-state index in [9.17, 15) is 14.4 Å². The third-order valence-electron chi connectivity index (χ3n) is 4.22. The average molecular weight is 372 g/mol. The van der Waals surface area contributed by atoms with Crippen molar-refractivity contribution in [3.05, 3.63) is 48.4 Å². The molecule has 142 valence electrons. The molecule has 1 aliphatic heterocycles. The number of hydrogen-bond acceptors (Lipinski definition) is 4. The molecule has 4 N–H and O–H groups in total. The summed E-state index contributed by atoms with van der Waals surface area (Å²) in [7, 11) is 0. The predicted octanol–water partition coefficient (Wildman–Crippen LogP) is 2.54. The highest BCUT2D eigenvalue weighted by molar-refractivity contribution is 5.92. The average Bonchev–Trinajstić information content (AvgIpc) is 3.33. The fraction of sp³-hybridized carbons (Fsp3) is 0.278. The molecule has 27 heavy (non-hydrogen) atoms. The fourth-order valence-electron chi connectivity index (χ4n) is 2.74. The lowest BCUT2D eigenvalue weighted by Crippen LogP contribution is -2.33. The summed E-state index contributed by atoms with van der Waals surface area (Å²) in [6.07, 6.45) is 1.99. The van der Waals surface area contributed by atoms with E-state index in [1.807, 2.05) is 0 Å². The highest BCUT2D eigenvalue weighted by Gasteiger charge is 2.30. The summed E-state index contributed by atoms with van der Waals surface area (Å²) >= 11 is 0. The fourth-order valence-corrected chi connectivity index (χ4v) is 2.74. The normalized spacial score (nSPS) is 16.0. The number of urea groups is 2. The van der Waals surface area contributed by atoms with Crippen LogP contribution in [-0.4, -0.2) is 41.1 Å². The Morgan fingerprint density at radius 2 is 1.81 bits per heavy atom. The molecule has 0 bridgehead atoms. The monoisotopic (exact) mass is 372 g/mol. The second-order valence-electron chi connectivity index (χ2n) is 6.16. The van der Waals surface area contributed by atoms with Gasteiger partial charge in [-0.05, 0) is 42.8 Å². The molecule has 1 unspecified atom stereocenters. The summed E-state index contributed by atoms with van der Waals surface area (Å²) in [5.74, 6) is -0.747. The summed E-state index contributed by atoms with van der Waals surface area (Å²) < 4.78 is 5.13. The van der Waals surface area contributed by atoms with Gasteiger partial charge in [0.2, 0.25) is 0 Å². The maximum atomic E-state index is 12.2. The second-order valence-corrected chi connectivity index (χ2v) is 6.16. The number of carboxylic acids is 1. The highest BCUT2D eigenvalue weighted by Crippen LogP contribution is 2.19. The van der Waals surface area contributed by atoms with Crippen LogP contribution in [0.2, 0.25) is 0 Å². The molecule has 2 aromatic rings. The van der Waals surface area contributed by atoms with E-state index in [0.717, 1.165) is 0 Å². The van der Waals surface area contributed by atoms with Gasteiger partial charge in [-0.2, -0.15) is 0 Å². The summed E-state index contributed by atoms with van der Waals surface area (Å²) in [6, 6.07) is 9.42. The van der Waals surface area contributed by atoms with Gasteiger partial charge < -0.3 is 30.4 Å². The standard InChI is InChI=1S/C18H20N4O5/c23-16(24)12-7-8-22(11-12)18(26)21-14-5-3-13(4-6-14)20-17(25)19-10-15-2-1-9-27-15/h1-6,9,12H,7-8,10-11H2,(H,21,26)(H,23,24)(H2,19,20,25). The van der Waals surface area contributed by atoms with Gasteiger partial charge in [0, 0.05) is 24.5 Å². The molecule has 0 radical (unpaired) electrons. The molecule has 0 aliphatic carbocycles. The lowest BCUT2D eigenvalue weighted by Gasteiger charge is -2.17. The molecule has 1 aliphatic rings. The Morgan fingerprint density at radius 3 is 2.41 bits per heavy atom. The van der Waals surface area contributed by atoms with Crippen LogP contribution >= 0.6 is 0 Å². The van der Waals surface area contributed by atoms with Crippen molar-refractivity contribution in [1.29, 1.82) is 0 Å². The van der Waals surface area contributed by atoms with Gasteiger partial charge in [0.05, 0.1) is 18.7 Å². The van der Waals surface area contributed by atoms with Crippen molar-refractivity contribution in [2.45, 2.75) is 13.0 Å². The number of aliphatic carboxylic acids is 1. The summed E-state index contributed by atoms with van der Waals surface area (Å²) in [4.78, 5) is 36.5. The molecule has 9 nitrogen and oxygen atoms in total. The zero-order valence-corrected chi connectivity index (χ0v) is 14.5. The minimum atomic E-state index is -0.883. The molecule has 1 fully saturated rings. The lowest BCUT2D eigenvalue weighted by atomic mass is 10.1. The van der Waals surface area contributed by atoms with Gasteiger partial charge in [-0.25, -0.2) is 9.59 Å². The predicted molar refractivity (Wildman–Crippen MR) is 97.3 cm³/mol. The topological polar surface area (TPSA) is 124 Å². The van der Waals surface area contributed by atoms with Gasteiger partial charge in [-0.15, -0.1) is 0 Å². The Morgan fingerprint density at radius 1 is 1.11 bits per heavy atom. The first-order valence-corrected chi connectivity index (χ1v) is 8.47. The van der Waals surface area contributed by atoms with Gasteiger partial charge >= 0.3 is 18.0 Å². The van der Waals surface area contributed by atoms with Gasteiger partial charge in [0.25, 0.3) is 0 Å². The molecule has 1 saturated heterocycles. The van der Waals surface area contributed by atoms with Crippen molar-refractivity contribution in [1.82, 2.24) is 10.2 Å². The quantitative estimate of drug-likeness (QED) is 0.642. The molecular formula is C18H20N4O5. The Kier molecular flexibility index (Phi) is 5.60. The summed E-state index contributed by atoms with van der Waals surface area (Å²) in [5, 5.41) is 17.1. The van der Waals surface area contributed by atoms with E-state index >= 15 is 0 Å². The molecule has 4 amide bonds. The van der Waals surface area contributed by atoms with E-state index in [4.69, 9.17) is 9.52 Å². The Labute approximate surface area is 155 Å². The van der Waals surface area contributed by atoms with E-state index in [1.165, 1.54) is 11.2 Å². The molecule has 1 aromatic heterocycles. The minimum Gasteiger partial charge on any atom is -0.481 e. The van der Waals surface area contributed by atoms with Crippen LogP contribution in [0.25, 0.3) is 0 Å². The number of furan rings is 1. The number of rotatable bonds is 5. The van der Waals surface area contributed by atoms with Crippen LogP contribution < -0.4 is 16.0 Å². The van der Waals surface area contributed by atoms with Crippen molar-refractivity contribution in [2.24, 2.45) is 5.92 Å². The van der Waals surface area contributed by atoms with Gasteiger partial charge in [0.1, 0.15) is 5.76 Å². The van der Waals surface area contributed by atoms with Crippen LogP contribution in [0.1, 0.15) is 12.2 Å². The van der Waals surface area contributed by atoms with Crippen LogP contribution in [0.4, 0.5) is 21.0 Å². The minimum absolute atomic E-state index is 0.205. The third-order valence-corrected chi connectivity index (χ3v) is 4.22. The Balaban J connectivity index is 1.46. The van der Waals surface area contributed by atoms with E-state index in [1.54, 1.807) is 36.4 Å². The maximum Gasteiger partial charge on any atom is 0.321 e. The first-order valence-electron chi connectivity index (χ1n) is 8.47. The molecule has 3 rings (SSSR count). The van der Waals surface area contributed by atoms with E-state index in [-0.39, 0.29) is 25.2 Å². The number of anilines is 2. The second kappa shape index (κ2) is 8.26. The molecule has 2 heterocycles. The summed E-state index contributed by atoms with van der Waals surface area (Å²) in [6.45, 7) is 0.898. The number of carbonyl (C=O) groups is 3. The number of nitrogens with one attached hydrogen (secondary N) is 3. The molecule has 9 heteroatoms. The highest BCUT2D eigenvalue weighted by atomic mass is 16.4. The molecule has 0 saturated carbocycles. The van der Waals surface area contributed by atoms with Crippen LogP contribution in [0, 0.1) is 5.92 Å². The van der Waals surface area contributed by atoms with E-state index in [0.29, 0.717) is 30.1 Å². The molecule has 0 spiro atoms. The number of nitrogens with zero attached hydrogens (tertiary/aromatic N) is 1. The van der Waals surface area contributed by atoms with Crippen LogP contribution in [0.15, 0.2) is 47.1 Å². The van der Waals surface area contributed by atoms with Crippen LogP contribution in [-0.2, 0) is 11.3 Å². The molecule has 1 atom stereocenters. The number of carboxylic acid groups (broad SMARTS) is 1. The van der Waals surface area contributed by atoms with Crippen LogP contribution in [0.5, 0.6) is 0 Å².